The minimum Gasteiger partial charge on any atom is -0.507 e. The predicted octanol–water partition coefficient (Wildman–Crippen LogP) is 2.79. The molecule has 1 aliphatic rings. The number of rotatable bonds is 3. The average molecular weight is 268 g/mol. The first-order chi connectivity index (χ1) is 8.63. The Bertz CT molecular complexity index is 447. The normalized spacial score (nSPS) is 19.2. The molecule has 3 nitrogen and oxygen atoms in total. The molecule has 18 heavy (non-hydrogen) atoms. The third-order valence-electron chi connectivity index (χ3n) is 3.56. The predicted molar refractivity (Wildman–Crippen MR) is 72.2 cm³/mol. The van der Waals surface area contributed by atoms with Crippen LogP contribution in [0.25, 0.3) is 0 Å². The number of carbonyl (C=O) groups excluding carboxylic acids is 1. The Morgan fingerprint density at radius 2 is 2.33 bits per heavy atom. The van der Waals surface area contributed by atoms with E-state index in [1.165, 1.54) is 0 Å². The van der Waals surface area contributed by atoms with Gasteiger partial charge in [0.05, 0.1) is 5.56 Å². The summed E-state index contributed by atoms with van der Waals surface area (Å²) < 4.78 is 0. The second kappa shape index (κ2) is 5.61. The summed E-state index contributed by atoms with van der Waals surface area (Å²) in [5.41, 5.74) is 1.14. The number of hydrogen-bond acceptors (Lipinski definition) is 2. The fourth-order valence-corrected chi connectivity index (χ4v) is 2.72. The van der Waals surface area contributed by atoms with E-state index in [1.54, 1.807) is 25.1 Å². The topological polar surface area (TPSA) is 40.5 Å². The number of likely N-dealkylation sites (tertiary alicyclic amines) is 1. The van der Waals surface area contributed by atoms with E-state index in [-0.39, 0.29) is 11.7 Å². The summed E-state index contributed by atoms with van der Waals surface area (Å²) in [4.78, 5) is 14.1. The Morgan fingerprint density at radius 3 is 3.06 bits per heavy atom. The Morgan fingerprint density at radius 1 is 1.56 bits per heavy atom. The fraction of sp³-hybridized carbons (Fsp3) is 0.500. The van der Waals surface area contributed by atoms with Crippen molar-refractivity contribution in [3.05, 3.63) is 29.3 Å². The second-order valence-electron chi connectivity index (χ2n) is 4.85. The van der Waals surface area contributed by atoms with Crippen molar-refractivity contribution in [2.24, 2.45) is 5.92 Å². The zero-order valence-electron chi connectivity index (χ0n) is 10.5. The summed E-state index contributed by atoms with van der Waals surface area (Å²) in [5, 5.41) is 9.93. The van der Waals surface area contributed by atoms with Crippen molar-refractivity contribution >= 4 is 17.5 Å². The summed E-state index contributed by atoms with van der Waals surface area (Å²) in [6, 6.07) is 5.28. The number of phenols is 1. The first-order valence-electron chi connectivity index (χ1n) is 6.27. The van der Waals surface area contributed by atoms with Crippen molar-refractivity contribution in [1.29, 1.82) is 0 Å². The lowest BCUT2D eigenvalue weighted by molar-refractivity contribution is 0.0784. The molecule has 1 aromatic rings. The molecule has 0 aromatic heterocycles. The molecule has 0 spiro atoms. The van der Waals surface area contributed by atoms with Crippen molar-refractivity contribution in [3.8, 4) is 5.75 Å². The van der Waals surface area contributed by atoms with Gasteiger partial charge in [-0.05, 0) is 37.3 Å². The minimum absolute atomic E-state index is 0.0757. The van der Waals surface area contributed by atoms with Crippen LogP contribution in [-0.2, 0) is 0 Å². The zero-order valence-corrected chi connectivity index (χ0v) is 11.3. The van der Waals surface area contributed by atoms with Crippen LogP contribution in [0.2, 0.25) is 0 Å². The molecule has 0 bridgehead atoms. The molecule has 0 aliphatic carbocycles. The maximum Gasteiger partial charge on any atom is 0.257 e. The van der Waals surface area contributed by atoms with Gasteiger partial charge in [0.2, 0.25) is 0 Å². The number of alkyl halides is 1. The van der Waals surface area contributed by atoms with E-state index in [0.29, 0.717) is 17.4 Å². The van der Waals surface area contributed by atoms with Crippen LogP contribution in [0.15, 0.2) is 18.2 Å². The van der Waals surface area contributed by atoms with Crippen molar-refractivity contribution in [1.82, 2.24) is 4.90 Å². The number of para-hydroxylation sites is 1. The van der Waals surface area contributed by atoms with Gasteiger partial charge in [-0.3, -0.25) is 4.79 Å². The second-order valence-corrected chi connectivity index (χ2v) is 5.23. The van der Waals surface area contributed by atoms with Crippen LogP contribution in [0.3, 0.4) is 0 Å². The van der Waals surface area contributed by atoms with Crippen molar-refractivity contribution in [2.75, 3.05) is 19.0 Å². The number of benzene rings is 1. The molecular weight excluding hydrogens is 250 g/mol. The van der Waals surface area contributed by atoms with E-state index in [0.717, 1.165) is 31.5 Å². The third kappa shape index (κ3) is 2.61. The van der Waals surface area contributed by atoms with Crippen LogP contribution in [0.4, 0.5) is 0 Å². The Labute approximate surface area is 112 Å². The highest BCUT2D eigenvalue weighted by molar-refractivity contribution is 6.17. The van der Waals surface area contributed by atoms with E-state index < -0.39 is 0 Å². The van der Waals surface area contributed by atoms with Gasteiger partial charge in [0.1, 0.15) is 5.75 Å². The van der Waals surface area contributed by atoms with E-state index in [9.17, 15) is 9.90 Å². The van der Waals surface area contributed by atoms with Crippen molar-refractivity contribution < 1.29 is 9.90 Å². The van der Waals surface area contributed by atoms with Gasteiger partial charge in [-0.25, -0.2) is 0 Å². The number of amides is 1. The summed E-state index contributed by atoms with van der Waals surface area (Å²) in [6.07, 6.45) is 1.95. The van der Waals surface area contributed by atoms with Gasteiger partial charge in [-0.2, -0.15) is 0 Å². The molecule has 0 saturated carbocycles. The van der Waals surface area contributed by atoms with E-state index in [1.807, 2.05) is 4.90 Å². The lowest BCUT2D eigenvalue weighted by atomic mass is 10.1. The first-order valence-corrected chi connectivity index (χ1v) is 6.80. The van der Waals surface area contributed by atoms with Crippen LogP contribution in [0, 0.1) is 12.8 Å². The Hall–Kier alpha value is -1.22. The number of aryl methyl sites for hydroxylation is 1. The number of hydrogen-bond donors (Lipinski definition) is 1. The van der Waals surface area contributed by atoms with Crippen molar-refractivity contribution in [3.63, 3.8) is 0 Å². The highest BCUT2D eigenvalue weighted by Gasteiger charge is 2.27. The standard InChI is InChI=1S/C14H18ClNO2/c1-10-3-2-4-12(13(10)17)14(18)16-8-6-11(9-16)5-7-15/h2-4,11,17H,5-9H2,1H3. The molecule has 1 heterocycles. The number of nitrogens with zero attached hydrogens (tertiary/aromatic N) is 1. The van der Waals surface area contributed by atoms with Gasteiger partial charge in [-0.1, -0.05) is 12.1 Å². The molecule has 1 N–H and O–H groups in total. The lowest BCUT2D eigenvalue weighted by Crippen LogP contribution is -2.28. The van der Waals surface area contributed by atoms with Crippen LogP contribution < -0.4 is 0 Å². The van der Waals surface area contributed by atoms with Gasteiger partial charge in [0.25, 0.3) is 5.91 Å². The van der Waals surface area contributed by atoms with Gasteiger partial charge in [-0.15, -0.1) is 11.6 Å². The Balaban J connectivity index is 2.11. The van der Waals surface area contributed by atoms with Gasteiger partial charge >= 0.3 is 0 Å². The molecule has 4 heteroatoms. The maximum atomic E-state index is 12.3. The SMILES string of the molecule is Cc1cccc(C(=O)N2CCC(CCCl)C2)c1O. The summed E-state index contributed by atoms with van der Waals surface area (Å²) >= 11 is 5.73. The van der Waals surface area contributed by atoms with E-state index in [2.05, 4.69) is 0 Å². The summed E-state index contributed by atoms with van der Waals surface area (Å²) in [5.74, 6) is 1.16. The number of carbonyl (C=O) groups is 1. The highest BCUT2D eigenvalue weighted by Crippen LogP contribution is 2.26. The van der Waals surface area contributed by atoms with Crippen LogP contribution >= 0.6 is 11.6 Å². The highest BCUT2D eigenvalue weighted by atomic mass is 35.5. The molecule has 1 unspecified atom stereocenters. The number of phenolic OH excluding ortho intramolecular Hbond substituents is 1. The van der Waals surface area contributed by atoms with Crippen LogP contribution in [0.1, 0.15) is 28.8 Å². The fourth-order valence-electron chi connectivity index (χ4n) is 2.41. The maximum absolute atomic E-state index is 12.3. The molecule has 1 saturated heterocycles. The quantitative estimate of drug-likeness (QED) is 0.856. The number of aromatic hydroxyl groups is 1. The molecular formula is C14H18ClNO2. The molecule has 0 radical (unpaired) electrons. The Kier molecular flexibility index (Phi) is 4.12. The third-order valence-corrected chi connectivity index (χ3v) is 3.78. The molecule has 1 aromatic carbocycles. The van der Waals surface area contributed by atoms with E-state index in [4.69, 9.17) is 11.6 Å². The molecule has 1 amide bonds. The average Bonchev–Trinajstić information content (AvgIpc) is 2.81. The van der Waals surface area contributed by atoms with Gasteiger partial charge < -0.3 is 10.0 Å². The number of halogens is 1. The van der Waals surface area contributed by atoms with Gasteiger partial charge in [0, 0.05) is 19.0 Å². The minimum atomic E-state index is -0.0757. The van der Waals surface area contributed by atoms with Crippen molar-refractivity contribution in [2.45, 2.75) is 19.8 Å². The molecule has 1 fully saturated rings. The van der Waals surface area contributed by atoms with E-state index >= 15 is 0 Å². The zero-order chi connectivity index (χ0) is 13.1. The molecule has 98 valence electrons. The first kappa shape index (κ1) is 13.2. The smallest absolute Gasteiger partial charge is 0.257 e. The lowest BCUT2D eigenvalue weighted by Gasteiger charge is -2.17. The molecule has 2 rings (SSSR count). The largest absolute Gasteiger partial charge is 0.507 e. The monoisotopic (exact) mass is 267 g/mol. The van der Waals surface area contributed by atoms with Gasteiger partial charge in [0.15, 0.2) is 0 Å². The molecule has 1 atom stereocenters. The summed E-state index contributed by atoms with van der Waals surface area (Å²) in [7, 11) is 0. The molecule has 1 aliphatic heterocycles. The van der Waals surface area contributed by atoms with Crippen LogP contribution in [-0.4, -0.2) is 34.9 Å². The summed E-state index contributed by atoms with van der Waals surface area (Å²) in [6.45, 7) is 3.30. The van der Waals surface area contributed by atoms with Crippen LogP contribution in [0.5, 0.6) is 5.75 Å².